The molecule has 5 N–H and O–H groups in total. The van der Waals surface area contributed by atoms with Gasteiger partial charge in [-0.05, 0) is 36.8 Å². The summed E-state index contributed by atoms with van der Waals surface area (Å²) in [6, 6.07) is 15.2. The minimum absolute atomic E-state index is 0.0468. The molecule has 148 valence electrons. The molecule has 0 unspecified atom stereocenters. The van der Waals surface area contributed by atoms with Crippen LogP contribution in [0.15, 0.2) is 64.5 Å². The minimum atomic E-state index is -0.640. The van der Waals surface area contributed by atoms with Gasteiger partial charge in [-0.1, -0.05) is 36.0 Å². The van der Waals surface area contributed by atoms with E-state index in [1.54, 1.807) is 22.8 Å². The second-order valence-corrected chi connectivity index (χ2v) is 7.17. The minimum Gasteiger partial charge on any atom is -0.385 e. The zero-order chi connectivity index (χ0) is 21.0. The van der Waals surface area contributed by atoms with Gasteiger partial charge < -0.3 is 16.8 Å². The van der Waals surface area contributed by atoms with Gasteiger partial charge in [0, 0.05) is 11.8 Å². The lowest BCUT2D eigenvalue weighted by molar-refractivity contribution is -0.113. The zero-order valence-electron chi connectivity index (χ0n) is 15.6. The van der Waals surface area contributed by atoms with E-state index in [4.69, 9.17) is 11.5 Å². The summed E-state index contributed by atoms with van der Waals surface area (Å²) in [6.07, 6.45) is 0. The Kier molecular flexibility index (Phi) is 5.99. The fraction of sp³-hybridized carbons (Fsp3) is 0.100. The number of hydrogen-bond donors (Lipinski definition) is 3. The van der Waals surface area contributed by atoms with E-state index in [0.717, 1.165) is 23.0 Å². The van der Waals surface area contributed by atoms with Crippen molar-refractivity contribution >= 4 is 35.1 Å². The molecule has 2 aromatic carbocycles. The highest BCUT2D eigenvalue weighted by Crippen LogP contribution is 2.23. The number of nitrogen functional groups attached to an aromatic ring is 1. The van der Waals surface area contributed by atoms with Crippen molar-refractivity contribution in [3.05, 3.63) is 76.1 Å². The molecule has 3 aromatic rings. The van der Waals surface area contributed by atoms with Gasteiger partial charge in [0.05, 0.1) is 17.0 Å². The predicted octanol–water partition coefficient (Wildman–Crippen LogP) is 1.95. The number of aromatic nitrogens is 2. The number of benzene rings is 2. The summed E-state index contributed by atoms with van der Waals surface area (Å²) in [4.78, 5) is 39.7. The highest BCUT2D eigenvalue weighted by atomic mass is 32.2. The van der Waals surface area contributed by atoms with Crippen molar-refractivity contribution in [2.24, 2.45) is 5.73 Å². The smallest absolute Gasteiger partial charge is 0.275 e. The molecule has 3 rings (SSSR count). The molecule has 0 bridgehead atoms. The van der Waals surface area contributed by atoms with Crippen LogP contribution in [0.3, 0.4) is 0 Å². The molecule has 0 aliphatic heterocycles. The molecule has 0 fully saturated rings. The monoisotopic (exact) mass is 409 g/mol. The molecule has 0 atom stereocenters. The van der Waals surface area contributed by atoms with Gasteiger partial charge in [-0.2, -0.15) is 4.98 Å². The summed E-state index contributed by atoms with van der Waals surface area (Å²) in [5.41, 5.74) is 13.2. The number of thioether (sulfide) groups is 1. The van der Waals surface area contributed by atoms with Crippen molar-refractivity contribution < 1.29 is 9.59 Å². The van der Waals surface area contributed by atoms with Crippen LogP contribution in [0.25, 0.3) is 5.69 Å². The van der Waals surface area contributed by atoms with Gasteiger partial charge in [0.15, 0.2) is 5.16 Å². The SMILES string of the molecule is Cc1cccc(-n2c(N)cc(=O)nc2SCC(=O)Nc2ccccc2C(N)=O)c1. The van der Waals surface area contributed by atoms with Gasteiger partial charge >= 0.3 is 0 Å². The highest BCUT2D eigenvalue weighted by molar-refractivity contribution is 7.99. The van der Waals surface area contributed by atoms with Crippen LogP contribution >= 0.6 is 11.8 Å². The third-order valence-corrected chi connectivity index (χ3v) is 4.92. The Morgan fingerprint density at radius 2 is 1.90 bits per heavy atom. The van der Waals surface area contributed by atoms with Crippen molar-refractivity contribution in [3.63, 3.8) is 0 Å². The molecular weight excluding hydrogens is 390 g/mol. The number of anilines is 2. The number of para-hydroxylation sites is 1. The number of carbonyl (C=O) groups is 2. The highest BCUT2D eigenvalue weighted by Gasteiger charge is 2.14. The summed E-state index contributed by atoms with van der Waals surface area (Å²) in [5.74, 6) is -0.845. The first kappa shape index (κ1) is 20.2. The Hall–Kier alpha value is -3.59. The van der Waals surface area contributed by atoms with Crippen molar-refractivity contribution in [1.29, 1.82) is 0 Å². The molecule has 0 spiro atoms. The van der Waals surface area contributed by atoms with Crippen LogP contribution in [0.5, 0.6) is 0 Å². The summed E-state index contributed by atoms with van der Waals surface area (Å²) >= 11 is 1.06. The molecule has 8 nitrogen and oxygen atoms in total. The Labute approximate surface area is 170 Å². The largest absolute Gasteiger partial charge is 0.385 e. The lowest BCUT2D eigenvalue weighted by Gasteiger charge is -2.15. The maximum Gasteiger partial charge on any atom is 0.275 e. The third kappa shape index (κ3) is 4.82. The molecule has 9 heteroatoms. The van der Waals surface area contributed by atoms with Crippen LogP contribution in [0.4, 0.5) is 11.5 Å². The Bertz CT molecular complexity index is 1140. The van der Waals surface area contributed by atoms with Crippen LogP contribution in [0, 0.1) is 6.92 Å². The van der Waals surface area contributed by atoms with E-state index < -0.39 is 11.5 Å². The fourth-order valence-corrected chi connectivity index (χ4v) is 3.55. The Morgan fingerprint density at radius 3 is 2.62 bits per heavy atom. The first-order chi connectivity index (χ1) is 13.8. The van der Waals surface area contributed by atoms with Crippen LogP contribution in [-0.4, -0.2) is 27.1 Å². The topological polar surface area (TPSA) is 133 Å². The number of primary amides is 1. The Balaban J connectivity index is 1.83. The number of aryl methyl sites for hydroxylation is 1. The molecule has 1 aromatic heterocycles. The average molecular weight is 409 g/mol. The number of nitrogens with zero attached hydrogens (tertiary/aromatic N) is 2. The van der Waals surface area contributed by atoms with Crippen molar-refractivity contribution in [1.82, 2.24) is 9.55 Å². The number of nitrogens with two attached hydrogens (primary N) is 2. The van der Waals surface area contributed by atoms with E-state index in [0.29, 0.717) is 10.8 Å². The second kappa shape index (κ2) is 8.61. The first-order valence-electron chi connectivity index (χ1n) is 8.63. The molecule has 2 amide bonds. The summed E-state index contributed by atoms with van der Waals surface area (Å²) < 4.78 is 1.61. The van der Waals surface area contributed by atoms with E-state index in [9.17, 15) is 14.4 Å². The van der Waals surface area contributed by atoms with Gasteiger partial charge in [0.2, 0.25) is 5.91 Å². The summed E-state index contributed by atoms with van der Waals surface area (Å²) in [7, 11) is 0. The maximum atomic E-state index is 12.4. The zero-order valence-corrected chi connectivity index (χ0v) is 16.4. The number of amides is 2. The van der Waals surface area contributed by atoms with Crippen LogP contribution in [-0.2, 0) is 4.79 Å². The maximum absolute atomic E-state index is 12.4. The number of nitrogens with one attached hydrogen (secondary N) is 1. The van der Waals surface area contributed by atoms with E-state index in [1.165, 1.54) is 12.1 Å². The normalized spacial score (nSPS) is 10.5. The van der Waals surface area contributed by atoms with E-state index in [2.05, 4.69) is 10.3 Å². The predicted molar refractivity (Wildman–Crippen MR) is 113 cm³/mol. The van der Waals surface area contributed by atoms with Gasteiger partial charge in [-0.3, -0.25) is 19.0 Å². The third-order valence-electron chi connectivity index (χ3n) is 3.99. The lowest BCUT2D eigenvalue weighted by Crippen LogP contribution is -2.21. The standard InChI is InChI=1S/C20H19N5O3S/c1-12-5-4-6-13(9-12)25-16(21)10-17(26)24-20(25)29-11-18(27)23-15-8-3-2-7-14(15)19(22)28/h2-10H,11,21H2,1H3,(H2,22,28)(H,23,27). The molecule has 0 aliphatic carbocycles. The molecule has 1 heterocycles. The van der Waals surface area contributed by atoms with Crippen molar-refractivity contribution in [3.8, 4) is 5.69 Å². The molecule has 29 heavy (non-hydrogen) atoms. The fourth-order valence-electron chi connectivity index (χ4n) is 2.72. The number of rotatable bonds is 6. The van der Waals surface area contributed by atoms with Crippen molar-refractivity contribution in [2.75, 3.05) is 16.8 Å². The van der Waals surface area contributed by atoms with Gasteiger partial charge in [0.25, 0.3) is 11.5 Å². The first-order valence-corrected chi connectivity index (χ1v) is 9.62. The van der Waals surface area contributed by atoms with E-state index >= 15 is 0 Å². The van der Waals surface area contributed by atoms with Gasteiger partial charge in [-0.15, -0.1) is 0 Å². The number of carbonyl (C=O) groups excluding carboxylic acids is 2. The molecule has 0 radical (unpaired) electrons. The van der Waals surface area contributed by atoms with Crippen LogP contribution in [0.2, 0.25) is 0 Å². The molecular formula is C20H19N5O3S. The summed E-state index contributed by atoms with van der Waals surface area (Å²) in [5, 5.41) is 2.94. The molecule has 0 saturated carbocycles. The number of hydrogen-bond acceptors (Lipinski definition) is 6. The van der Waals surface area contributed by atoms with E-state index in [1.807, 2.05) is 31.2 Å². The van der Waals surface area contributed by atoms with Crippen LogP contribution < -0.4 is 22.3 Å². The Morgan fingerprint density at radius 1 is 1.14 bits per heavy atom. The quantitative estimate of drug-likeness (QED) is 0.421. The van der Waals surface area contributed by atoms with E-state index in [-0.39, 0.29) is 23.0 Å². The molecule has 0 saturated heterocycles. The summed E-state index contributed by atoms with van der Waals surface area (Å²) in [6.45, 7) is 1.94. The average Bonchev–Trinajstić information content (AvgIpc) is 2.66. The molecule has 0 aliphatic rings. The second-order valence-electron chi connectivity index (χ2n) is 6.22. The van der Waals surface area contributed by atoms with Crippen molar-refractivity contribution in [2.45, 2.75) is 12.1 Å². The van der Waals surface area contributed by atoms with Gasteiger partial charge in [0.1, 0.15) is 5.82 Å². The lowest BCUT2D eigenvalue weighted by atomic mass is 10.1. The van der Waals surface area contributed by atoms with Gasteiger partial charge in [-0.25, -0.2) is 0 Å². The van der Waals surface area contributed by atoms with Crippen LogP contribution in [0.1, 0.15) is 15.9 Å².